The Morgan fingerprint density at radius 1 is 0.821 bits per heavy atom. The summed E-state index contributed by atoms with van der Waals surface area (Å²) in [5.74, 6) is 0. The molecule has 39 heavy (non-hydrogen) atoms. The van der Waals surface area contributed by atoms with E-state index in [1.165, 1.54) is 0 Å². The van der Waals surface area contributed by atoms with Crippen LogP contribution < -0.4 is 10.6 Å². The van der Waals surface area contributed by atoms with E-state index in [1.807, 2.05) is 66.7 Å². The number of hydrogen-bond acceptors (Lipinski definition) is 8. The van der Waals surface area contributed by atoms with Gasteiger partial charge >= 0.3 is 0 Å². The molecular formula is C30H41O8P. The summed E-state index contributed by atoms with van der Waals surface area (Å²) in [6.07, 6.45) is 2.24. The van der Waals surface area contributed by atoms with Crippen LogP contribution >= 0.6 is 7.14 Å². The minimum Gasteiger partial charge on any atom is -0.372 e. The summed E-state index contributed by atoms with van der Waals surface area (Å²) < 4.78 is 53.7. The van der Waals surface area contributed by atoms with Gasteiger partial charge in [-0.05, 0) is 17.6 Å². The van der Waals surface area contributed by atoms with Gasteiger partial charge in [0.2, 0.25) is 0 Å². The molecule has 0 amide bonds. The van der Waals surface area contributed by atoms with Gasteiger partial charge in [0.25, 0.3) is 0 Å². The Balaban J connectivity index is 1.86. The molecule has 0 saturated heterocycles. The molecule has 1 fully saturated rings. The van der Waals surface area contributed by atoms with E-state index >= 15 is 0 Å². The summed E-state index contributed by atoms with van der Waals surface area (Å²) in [4.78, 5) is 0. The van der Waals surface area contributed by atoms with Gasteiger partial charge in [-0.25, -0.2) is 0 Å². The van der Waals surface area contributed by atoms with E-state index in [9.17, 15) is 4.57 Å². The Hall–Kier alpha value is -2.13. The molecule has 3 rings (SSSR count). The second-order valence-electron chi connectivity index (χ2n) is 9.16. The van der Waals surface area contributed by atoms with Crippen molar-refractivity contribution in [1.29, 1.82) is 0 Å². The molecule has 1 aliphatic rings. The predicted molar refractivity (Wildman–Crippen MR) is 152 cm³/mol. The van der Waals surface area contributed by atoms with Crippen molar-refractivity contribution in [3.05, 3.63) is 84.5 Å². The Labute approximate surface area is 232 Å². The van der Waals surface area contributed by atoms with Gasteiger partial charge in [-0.3, -0.25) is 0 Å². The van der Waals surface area contributed by atoms with E-state index < -0.39 is 19.3 Å². The van der Waals surface area contributed by atoms with Gasteiger partial charge in [0.05, 0.1) is 12.7 Å². The van der Waals surface area contributed by atoms with Gasteiger partial charge < -0.3 is 37.7 Å². The van der Waals surface area contributed by atoms with Crippen LogP contribution in [0.4, 0.5) is 0 Å². The van der Waals surface area contributed by atoms with Crippen LogP contribution in [-0.4, -0.2) is 79.4 Å². The monoisotopic (exact) mass is 560 g/mol. The highest BCUT2D eigenvalue weighted by molar-refractivity contribution is 7.78. The number of methoxy groups -OCH3 is 3. The van der Waals surface area contributed by atoms with E-state index in [2.05, 4.69) is 6.58 Å². The van der Waals surface area contributed by atoms with Crippen molar-refractivity contribution in [1.82, 2.24) is 0 Å². The van der Waals surface area contributed by atoms with Crippen molar-refractivity contribution in [2.45, 2.75) is 31.2 Å². The van der Waals surface area contributed by atoms with Crippen LogP contribution in [0.25, 0.3) is 0 Å². The Morgan fingerprint density at radius 2 is 1.41 bits per heavy atom. The van der Waals surface area contributed by atoms with Crippen molar-refractivity contribution < 1.29 is 37.7 Å². The molecule has 0 N–H and O–H groups in total. The van der Waals surface area contributed by atoms with Crippen molar-refractivity contribution in [2.75, 3.05) is 61.1 Å². The number of ether oxygens (including phenoxy) is 7. The average Bonchev–Trinajstić information content (AvgIpc) is 2.98. The summed E-state index contributed by atoms with van der Waals surface area (Å²) in [6, 6.07) is 19.3. The van der Waals surface area contributed by atoms with Gasteiger partial charge in [-0.15, -0.1) is 0 Å². The van der Waals surface area contributed by atoms with Gasteiger partial charge in [-0.1, -0.05) is 73.3 Å². The molecule has 214 valence electrons. The fourth-order valence-electron chi connectivity index (χ4n) is 4.55. The molecule has 0 unspecified atom stereocenters. The molecular weight excluding hydrogens is 519 g/mol. The molecule has 0 heterocycles. The van der Waals surface area contributed by atoms with E-state index in [4.69, 9.17) is 33.2 Å². The highest BCUT2D eigenvalue weighted by atomic mass is 31.2. The molecule has 9 heteroatoms. The van der Waals surface area contributed by atoms with Crippen LogP contribution in [0, 0.1) is 0 Å². The Kier molecular flexibility index (Phi) is 13.6. The van der Waals surface area contributed by atoms with Gasteiger partial charge in [-0.2, -0.15) is 0 Å². The van der Waals surface area contributed by atoms with E-state index in [0.29, 0.717) is 32.2 Å². The van der Waals surface area contributed by atoms with Crippen LogP contribution in [0.3, 0.4) is 0 Å². The quantitative estimate of drug-likeness (QED) is 0.161. The second kappa shape index (κ2) is 16.9. The molecule has 0 radical (unpaired) electrons. The molecule has 0 bridgehead atoms. The Morgan fingerprint density at radius 3 is 2.00 bits per heavy atom. The topological polar surface area (TPSA) is 81.7 Å². The van der Waals surface area contributed by atoms with Crippen molar-refractivity contribution in [2.24, 2.45) is 0 Å². The normalized spacial score (nSPS) is 20.9. The fourth-order valence-corrected chi connectivity index (χ4v) is 7.06. The van der Waals surface area contributed by atoms with E-state index in [0.717, 1.165) is 21.8 Å². The summed E-state index contributed by atoms with van der Waals surface area (Å²) in [5, 5.41) is 1.62. The molecule has 0 spiro atoms. The lowest BCUT2D eigenvalue weighted by Gasteiger charge is -2.40. The maximum atomic E-state index is 14.6. The molecule has 0 aliphatic heterocycles. The van der Waals surface area contributed by atoms with E-state index in [1.54, 1.807) is 21.3 Å². The van der Waals surface area contributed by atoms with Gasteiger partial charge in [0, 0.05) is 51.1 Å². The zero-order chi connectivity index (χ0) is 27.9. The summed E-state index contributed by atoms with van der Waals surface area (Å²) in [7, 11) is 1.79. The minimum absolute atomic E-state index is 0.0668. The van der Waals surface area contributed by atoms with Crippen molar-refractivity contribution in [3.63, 3.8) is 0 Å². The maximum absolute atomic E-state index is 14.6. The van der Waals surface area contributed by atoms with Gasteiger partial charge in [0.15, 0.2) is 0 Å². The lowest BCUT2D eigenvalue weighted by Crippen LogP contribution is -2.48. The molecule has 1 aliphatic carbocycles. The highest BCUT2D eigenvalue weighted by Crippen LogP contribution is 2.45. The standard InChI is InChI=1S/C30H41O8P/c1-24-25(16-19-39(31,26-12-7-5-8-13-26)27-14-9-6-10-15-27)20-28(37-22-33-3)30(29(24)38-23-34-4)36-18-11-17-35-21-32-2/h5-10,12-16,28-30H,1,11,17-23H2,2-4H3/b25-16-/t28-,29-,30-/m1/s1. The zero-order valence-electron chi connectivity index (χ0n) is 23.2. The number of benzene rings is 2. The van der Waals surface area contributed by atoms with Crippen molar-refractivity contribution >= 4 is 17.8 Å². The minimum atomic E-state index is -2.95. The third kappa shape index (κ3) is 8.93. The first-order valence-corrected chi connectivity index (χ1v) is 14.9. The lowest BCUT2D eigenvalue weighted by atomic mass is 9.83. The molecule has 8 nitrogen and oxygen atoms in total. The summed E-state index contributed by atoms with van der Waals surface area (Å²) in [6.45, 7) is 5.72. The number of rotatable bonds is 17. The first-order valence-electron chi connectivity index (χ1n) is 13.0. The summed E-state index contributed by atoms with van der Waals surface area (Å²) >= 11 is 0. The lowest BCUT2D eigenvalue weighted by molar-refractivity contribution is -0.182. The predicted octanol–water partition coefficient (Wildman–Crippen LogP) is 4.26. The fraction of sp³-hybridized carbons (Fsp3) is 0.467. The molecule has 2 aromatic carbocycles. The number of allylic oxidation sites excluding steroid dienone is 1. The highest BCUT2D eigenvalue weighted by Gasteiger charge is 2.41. The molecule has 0 aromatic heterocycles. The van der Waals surface area contributed by atoms with Crippen LogP contribution in [-0.2, 0) is 37.7 Å². The first kappa shape index (κ1) is 31.4. The van der Waals surface area contributed by atoms with E-state index in [-0.39, 0.29) is 26.5 Å². The van der Waals surface area contributed by atoms with Crippen molar-refractivity contribution in [3.8, 4) is 0 Å². The zero-order valence-corrected chi connectivity index (χ0v) is 24.1. The summed E-state index contributed by atoms with van der Waals surface area (Å²) in [5.41, 5.74) is 1.69. The largest absolute Gasteiger partial charge is 0.372 e. The smallest absolute Gasteiger partial charge is 0.147 e. The van der Waals surface area contributed by atoms with Gasteiger partial charge in [0.1, 0.15) is 39.7 Å². The second-order valence-corrected chi connectivity index (χ2v) is 12.0. The third-order valence-corrected chi connectivity index (χ3v) is 9.45. The number of hydrogen-bond donors (Lipinski definition) is 0. The van der Waals surface area contributed by atoms with Crippen LogP contribution in [0.5, 0.6) is 0 Å². The molecule has 3 atom stereocenters. The van der Waals surface area contributed by atoms with Crippen LogP contribution in [0.1, 0.15) is 12.8 Å². The SMILES string of the molecule is C=C1/C(=C\CP(=O)(c2ccccc2)c2ccccc2)C[C@@H](OCOC)[C@@H](OCCCOCOC)[C@@H]1OCOC. The third-order valence-electron chi connectivity index (χ3n) is 6.49. The first-order chi connectivity index (χ1) is 19.0. The Bertz CT molecular complexity index is 1020. The maximum Gasteiger partial charge on any atom is 0.147 e. The molecule has 2 aromatic rings. The molecule has 1 saturated carbocycles. The van der Waals surface area contributed by atoms with Crippen LogP contribution in [0.15, 0.2) is 84.5 Å². The van der Waals surface area contributed by atoms with Crippen LogP contribution in [0.2, 0.25) is 0 Å². The average molecular weight is 561 g/mol.